The van der Waals surface area contributed by atoms with Crippen molar-refractivity contribution in [2.45, 2.75) is 33.1 Å². The van der Waals surface area contributed by atoms with Gasteiger partial charge >= 0.3 is 0 Å². The first kappa shape index (κ1) is 26.3. The number of nitrogens with zero attached hydrogens (tertiary/aromatic N) is 2. The first-order valence-corrected chi connectivity index (χ1v) is 10.1. The van der Waals surface area contributed by atoms with Crippen LogP contribution in [0.5, 0.6) is 0 Å². The fourth-order valence-electron chi connectivity index (χ4n) is 2.22. The number of likely N-dealkylation sites (N-methyl/N-ethyl adjacent to an activating group) is 1. The van der Waals surface area contributed by atoms with E-state index in [1.807, 2.05) is 21.1 Å². The molecule has 0 spiro atoms. The molecule has 0 fully saturated rings. The van der Waals surface area contributed by atoms with Crippen LogP contribution in [0.1, 0.15) is 33.1 Å². The van der Waals surface area contributed by atoms with E-state index in [2.05, 4.69) is 18.7 Å². The molecule has 0 heterocycles. The van der Waals surface area contributed by atoms with Crippen LogP contribution in [0, 0.1) is 5.92 Å². The van der Waals surface area contributed by atoms with E-state index >= 15 is 0 Å². The van der Waals surface area contributed by atoms with Crippen LogP contribution in [0.25, 0.3) is 0 Å². The maximum atomic E-state index is 11.9. The Labute approximate surface area is 166 Å². The van der Waals surface area contributed by atoms with E-state index < -0.39 is 0 Å². The highest BCUT2D eigenvalue weighted by molar-refractivity contribution is 5.75. The molecule has 0 aliphatic carbocycles. The molecule has 0 aromatic heterocycles. The second-order valence-electron chi connectivity index (χ2n) is 7.35. The molecule has 7 nitrogen and oxygen atoms in total. The normalized spacial score (nSPS) is 11.5. The Morgan fingerprint density at radius 3 is 1.70 bits per heavy atom. The molecule has 0 aromatic rings. The second-order valence-corrected chi connectivity index (χ2v) is 7.35. The molecule has 0 aromatic carbocycles. The van der Waals surface area contributed by atoms with E-state index in [0.29, 0.717) is 58.6 Å². The lowest BCUT2D eigenvalue weighted by Gasteiger charge is -2.17. The Morgan fingerprint density at radius 1 is 0.741 bits per heavy atom. The van der Waals surface area contributed by atoms with Crippen molar-refractivity contribution in [3.05, 3.63) is 0 Å². The summed E-state index contributed by atoms with van der Waals surface area (Å²) in [5.41, 5.74) is 0. The lowest BCUT2D eigenvalue weighted by atomic mass is 10.1. The largest absolute Gasteiger partial charge is 0.379 e. The highest BCUT2D eigenvalue weighted by Crippen LogP contribution is 2.04. The summed E-state index contributed by atoms with van der Waals surface area (Å²) in [6.45, 7) is 10.6. The van der Waals surface area contributed by atoms with Gasteiger partial charge in [0.1, 0.15) is 0 Å². The molecule has 27 heavy (non-hydrogen) atoms. The van der Waals surface area contributed by atoms with E-state index in [1.165, 1.54) is 0 Å². The molecule has 1 amide bonds. The van der Waals surface area contributed by atoms with Gasteiger partial charge in [-0.2, -0.15) is 0 Å². The molecule has 0 saturated heterocycles. The third-order valence-electron chi connectivity index (χ3n) is 3.96. The first-order valence-electron chi connectivity index (χ1n) is 10.1. The van der Waals surface area contributed by atoms with Crippen LogP contribution in [0.2, 0.25) is 0 Å². The van der Waals surface area contributed by atoms with Crippen molar-refractivity contribution < 1.29 is 23.7 Å². The number of hydrogen-bond donors (Lipinski definition) is 0. The highest BCUT2D eigenvalue weighted by Gasteiger charge is 2.08. The van der Waals surface area contributed by atoms with Crippen molar-refractivity contribution in [2.24, 2.45) is 5.92 Å². The zero-order valence-corrected chi connectivity index (χ0v) is 18.2. The standard InChI is InChI=1S/C20H42N2O5/c1-19(2)7-6-9-22(5)20(23)8-11-24-13-15-26-17-18-27-16-14-25-12-10-21(3)4/h19H,6-18H2,1-5H3. The van der Waals surface area contributed by atoms with Gasteiger partial charge < -0.3 is 28.7 Å². The fraction of sp³-hybridized carbons (Fsp3) is 0.950. The van der Waals surface area contributed by atoms with E-state index in [9.17, 15) is 4.79 Å². The van der Waals surface area contributed by atoms with Crippen LogP contribution in [0.3, 0.4) is 0 Å². The van der Waals surface area contributed by atoms with Crippen molar-refractivity contribution >= 4 is 5.91 Å². The highest BCUT2D eigenvalue weighted by atomic mass is 16.6. The molecular weight excluding hydrogens is 348 g/mol. The minimum absolute atomic E-state index is 0.140. The number of carbonyl (C=O) groups is 1. The molecule has 0 aliphatic heterocycles. The van der Waals surface area contributed by atoms with Crippen LogP contribution in [-0.2, 0) is 23.7 Å². The van der Waals surface area contributed by atoms with Crippen LogP contribution >= 0.6 is 0 Å². The third kappa shape index (κ3) is 19.8. The van der Waals surface area contributed by atoms with Crippen LogP contribution in [0.4, 0.5) is 0 Å². The average Bonchev–Trinajstić information content (AvgIpc) is 2.61. The molecule has 0 aliphatic rings. The van der Waals surface area contributed by atoms with E-state index in [1.54, 1.807) is 4.90 Å². The summed E-state index contributed by atoms with van der Waals surface area (Å²) in [4.78, 5) is 15.8. The quantitative estimate of drug-likeness (QED) is 0.314. The Balaban J connectivity index is 3.27. The minimum Gasteiger partial charge on any atom is -0.379 e. The van der Waals surface area contributed by atoms with Gasteiger partial charge in [0.05, 0.1) is 59.3 Å². The Morgan fingerprint density at radius 2 is 1.22 bits per heavy atom. The number of hydrogen-bond acceptors (Lipinski definition) is 6. The number of rotatable bonds is 19. The van der Waals surface area contributed by atoms with Gasteiger partial charge in [-0.05, 0) is 32.9 Å². The molecule has 0 atom stereocenters. The lowest BCUT2D eigenvalue weighted by molar-refractivity contribution is -0.131. The molecular formula is C20H42N2O5. The monoisotopic (exact) mass is 390 g/mol. The van der Waals surface area contributed by atoms with Crippen LogP contribution in [0.15, 0.2) is 0 Å². The topological polar surface area (TPSA) is 60.5 Å². The molecule has 7 heteroatoms. The summed E-state index contributed by atoms with van der Waals surface area (Å²) in [5, 5.41) is 0. The maximum Gasteiger partial charge on any atom is 0.224 e. The molecule has 0 radical (unpaired) electrons. The predicted molar refractivity (Wildman–Crippen MR) is 108 cm³/mol. The zero-order chi connectivity index (χ0) is 20.3. The number of ether oxygens (including phenoxy) is 4. The van der Waals surface area contributed by atoms with Gasteiger partial charge in [-0.25, -0.2) is 0 Å². The molecule has 162 valence electrons. The van der Waals surface area contributed by atoms with Gasteiger partial charge in [0.15, 0.2) is 0 Å². The number of amides is 1. The van der Waals surface area contributed by atoms with E-state index in [4.69, 9.17) is 18.9 Å². The maximum absolute atomic E-state index is 11.9. The molecule has 0 bridgehead atoms. The average molecular weight is 391 g/mol. The Kier molecular flexibility index (Phi) is 18.1. The van der Waals surface area contributed by atoms with E-state index in [-0.39, 0.29) is 5.91 Å². The fourth-order valence-corrected chi connectivity index (χ4v) is 2.22. The smallest absolute Gasteiger partial charge is 0.224 e. The third-order valence-corrected chi connectivity index (χ3v) is 3.96. The Bertz CT molecular complexity index is 340. The summed E-state index contributed by atoms with van der Waals surface area (Å²) < 4.78 is 21.7. The van der Waals surface area contributed by atoms with Gasteiger partial charge in [0, 0.05) is 20.1 Å². The molecule has 0 rings (SSSR count). The van der Waals surface area contributed by atoms with Crippen molar-refractivity contribution in [3.63, 3.8) is 0 Å². The minimum atomic E-state index is 0.140. The van der Waals surface area contributed by atoms with Gasteiger partial charge in [0.2, 0.25) is 5.91 Å². The van der Waals surface area contributed by atoms with E-state index in [0.717, 1.165) is 32.5 Å². The number of carbonyl (C=O) groups excluding carboxylic acids is 1. The zero-order valence-electron chi connectivity index (χ0n) is 18.2. The van der Waals surface area contributed by atoms with Crippen LogP contribution < -0.4 is 0 Å². The van der Waals surface area contributed by atoms with Crippen LogP contribution in [-0.4, -0.2) is 103 Å². The van der Waals surface area contributed by atoms with Gasteiger partial charge in [-0.3, -0.25) is 4.79 Å². The van der Waals surface area contributed by atoms with Crippen molar-refractivity contribution in [2.75, 3.05) is 87.1 Å². The predicted octanol–water partition coefficient (Wildman–Crippen LogP) is 1.90. The van der Waals surface area contributed by atoms with Crippen molar-refractivity contribution in [3.8, 4) is 0 Å². The summed E-state index contributed by atoms with van der Waals surface area (Å²) in [6.07, 6.45) is 2.63. The molecule has 0 saturated carbocycles. The van der Waals surface area contributed by atoms with Crippen molar-refractivity contribution in [1.29, 1.82) is 0 Å². The van der Waals surface area contributed by atoms with Gasteiger partial charge in [-0.1, -0.05) is 13.8 Å². The Hall–Kier alpha value is -0.730. The van der Waals surface area contributed by atoms with Crippen molar-refractivity contribution in [1.82, 2.24) is 9.80 Å². The summed E-state index contributed by atoms with van der Waals surface area (Å²) in [7, 11) is 5.90. The molecule has 0 unspecified atom stereocenters. The second kappa shape index (κ2) is 18.6. The summed E-state index contributed by atoms with van der Waals surface area (Å²) in [5.74, 6) is 0.824. The molecule has 0 N–H and O–H groups in total. The van der Waals surface area contributed by atoms with Gasteiger partial charge in [-0.15, -0.1) is 0 Å². The first-order chi connectivity index (χ1) is 12.9. The SMILES string of the molecule is CC(C)CCCN(C)C(=O)CCOCCOCCOCCOCCN(C)C. The lowest BCUT2D eigenvalue weighted by Crippen LogP contribution is -2.28. The summed E-state index contributed by atoms with van der Waals surface area (Å²) >= 11 is 0. The van der Waals surface area contributed by atoms with Gasteiger partial charge in [0.25, 0.3) is 0 Å². The summed E-state index contributed by atoms with van der Waals surface area (Å²) in [6, 6.07) is 0.